The standard InChI is InChI=1S/C17H37P.BF4/c1-3-4-5-6-7-8-9-10-11-12-13-14-17(2)15-16-18;2-1(3,4)5/h17H,3-16,18H2,1-2H3;/q;-1/p+1. The smallest absolute Gasteiger partial charge is 0.418 e. The van der Waals surface area contributed by atoms with Crippen LogP contribution in [0.2, 0.25) is 0 Å². The summed E-state index contributed by atoms with van der Waals surface area (Å²) < 4.78 is 39.0. The summed E-state index contributed by atoms with van der Waals surface area (Å²) >= 11 is 0. The second kappa shape index (κ2) is 18.6. The summed E-state index contributed by atoms with van der Waals surface area (Å²) in [6.45, 7) is 4.71. The Morgan fingerprint density at radius 3 is 1.39 bits per heavy atom. The van der Waals surface area contributed by atoms with Crippen LogP contribution in [0.15, 0.2) is 0 Å². The fraction of sp³-hybridized carbons (Fsp3) is 1.00. The van der Waals surface area contributed by atoms with Gasteiger partial charge in [0, 0.05) is 0 Å². The minimum absolute atomic E-state index is 0.973. The van der Waals surface area contributed by atoms with Crippen LogP contribution >= 0.6 is 9.24 Å². The van der Waals surface area contributed by atoms with Gasteiger partial charge in [-0.05, 0) is 21.6 Å². The summed E-state index contributed by atoms with van der Waals surface area (Å²) in [5.41, 5.74) is 0. The van der Waals surface area contributed by atoms with Crippen molar-refractivity contribution >= 4 is 16.5 Å². The maximum atomic E-state index is 9.75. The summed E-state index contributed by atoms with van der Waals surface area (Å²) in [5.74, 6) is 0.973. The molecule has 0 heterocycles. The topological polar surface area (TPSA) is 0 Å². The molecule has 142 valence electrons. The quantitative estimate of drug-likeness (QED) is 0.129. The van der Waals surface area contributed by atoms with Crippen LogP contribution in [0.3, 0.4) is 0 Å². The van der Waals surface area contributed by atoms with Crippen LogP contribution in [0.25, 0.3) is 0 Å². The molecular weight excluding hydrogens is 322 g/mol. The first kappa shape index (κ1) is 25.5. The molecule has 0 N–H and O–H groups in total. The molecule has 0 aliphatic carbocycles. The molecular formula is C17H38BF4P. The van der Waals surface area contributed by atoms with Crippen LogP contribution in [0, 0.1) is 5.92 Å². The van der Waals surface area contributed by atoms with E-state index in [1.165, 1.54) is 89.6 Å². The predicted octanol–water partition coefficient (Wildman–Crippen LogP) is 7.62. The predicted molar refractivity (Wildman–Crippen MR) is 101 cm³/mol. The van der Waals surface area contributed by atoms with Crippen molar-refractivity contribution < 1.29 is 17.3 Å². The number of hydrogen-bond acceptors (Lipinski definition) is 0. The lowest BCUT2D eigenvalue weighted by Crippen LogP contribution is -2.02. The first-order valence-corrected chi connectivity index (χ1v) is 10.5. The minimum atomic E-state index is -6.00. The Morgan fingerprint density at radius 2 is 1.04 bits per heavy atom. The molecule has 0 radical (unpaired) electrons. The second-order valence-electron chi connectivity index (χ2n) is 6.57. The highest BCUT2D eigenvalue weighted by atomic mass is 31.0. The van der Waals surface area contributed by atoms with Gasteiger partial charge in [-0.15, -0.1) is 0 Å². The van der Waals surface area contributed by atoms with Crippen molar-refractivity contribution in [1.29, 1.82) is 0 Å². The third-order valence-corrected chi connectivity index (χ3v) is 4.41. The number of unbranched alkanes of at least 4 members (excludes halogenated alkanes) is 10. The lowest BCUT2D eigenvalue weighted by molar-refractivity contribution is 0.368. The van der Waals surface area contributed by atoms with Crippen LogP contribution < -0.4 is 0 Å². The third kappa shape index (κ3) is 34.5. The molecule has 0 fully saturated rings. The highest BCUT2D eigenvalue weighted by Gasteiger charge is 2.20. The summed E-state index contributed by atoms with van der Waals surface area (Å²) in [5, 5.41) is 0. The van der Waals surface area contributed by atoms with Crippen LogP contribution in [-0.2, 0) is 0 Å². The molecule has 0 saturated carbocycles. The Kier molecular flexibility index (Phi) is 20.5. The zero-order chi connectivity index (χ0) is 18.0. The summed E-state index contributed by atoms with van der Waals surface area (Å²) in [6.07, 6.45) is 20.4. The van der Waals surface area contributed by atoms with Gasteiger partial charge in [0.15, 0.2) is 0 Å². The van der Waals surface area contributed by atoms with Gasteiger partial charge in [0.1, 0.15) is 0 Å². The zero-order valence-corrected chi connectivity index (χ0v) is 16.7. The van der Waals surface area contributed by atoms with Gasteiger partial charge in [-0.25, -0.2) is 0 Å². The van der Waals surface area contributed by atoms with Crippen molar-refractivity contribution in [2.45, 2.75) is 97.3 Å². The molecule has 0 saturated heterocycles. The molecule has 23 heavy (non-hydrogen) atoms. The van der Waals surface area contributed by atoms with Crippen molar-refractivity contribution in [2.75, 3.05) is 6.16 Å². The Hall–Kier alpha value is 0.215. The monoisotopic (exact) mass is 360 g/mol. The largest absolute Gasteiger partial charge is 0.673 e. The molecule has 0 aromatic heterocycles. The Labute approximate surface area is 143 Å². The molecule has 0 aromatic rings. The van der Waals surface area contributed by atoms with E-state index in [9.17, 15) is 17.3 Å². The highest BCUT2D eigenvalue weighted by Crippen LogP contribution is 2.16. The fourth-order valence-electron chi connectivity index (χ4n) is 2.65. The van der Waals surface area contributed by atoms with Crippen LogP contribution in [0.1, 0.15) is 97.3 Å². The molecule has 2 atom stereocenters. The van der Waals surface area contributed by atoms with Gasteiger partial charge in [0.25, 0.3) is 0 Å². The average molecular weight is 360 g/mol. The highest BCUT2D eigenvalue weighted by molar-refractivity contribution is 7.16. The lowest BCUT2D eigenvalue weighted by atomic mass is 9.99. The molecule has 0 aliphatic heterocycles. The van der Waals surface area contributed by atoms with E-state index in [1.807, 2.05) is 0 Å². The molecule has 2 unspecified atom stereocenters. The fourth-order valence-corrected chi connectivity index (χ4v) is 3.35. The lowest BCUT2D eigenvalue weighted by Gasteiger charge is -2.08. The van der Waals surface area contributed by atoms with Crippen molar-refractivity contribution in [1.82, 2.24) is 0 Å². The number of halogens is 4. The first-order valence-electron chi connectivity index (χ1n) is 9.47. The summed E-state index contributed by atoms with van der Waals surface area (Å²) in [7, 11) is -3.88. The van der Waals surface area contributed by atoms with E-state index >= 15 is 0 Å². The first-order chi connectivity index (χ1) is 10.8. The van der Waals surface area contributed by atoms with Gasteiger partial charge < -0.3 is 17.3 Å². The Bertz CT molecular complexity index is 219. The van der Waals surface area contributed by atoms with Crippen LogP contribution in [-0.4, -0.2) is 13.4 Å². The van der Waals surface area contributed by atoms with E-state index in [2.05, 4.69) is 23.1 Å². The molecule has 0 spiro atoms. The van der Waals surface area contributed by atoms with E-state index in [0.29, 0.717) is 0 Å². The van der Waals surface area contributed by atoms with Gasteiger partial charge in [-0.1, -0.05) is 90.9 Å². The molecule has 0 aromatic carbocycles. The van der Waals surface area contributed by atoms with Crippen molar-refractivity contribution in [3.63, 3.8) is 0 Å². The maximum Gasteiger partial charge on any atom is 0.673 e. The van der Waals surface area contributed by atoms with Crippen LogP contribution in [0.5, 0.6) is 0 Å². The van der Waals surface area contributed by atoms with Crippen molar-refractivity contribution in [3.8, 4) is 0 Å². The third-order valence-electron chi connectivity index (χ3n) is 4.00. The summed E-state index contributed by atoms with van der Waals surface area (Å²) in [4.78, 5) is 0. The minimum Gasteiger partial charge on any atom is -0.418 e. The molecule has 0 aliphatic rings. The molecule has 0 rings (SSSR count). The van der Waals surface area contributed by atoms with Crippen LogP contribution in [0.4, 0.5) is 17.3 Å². The second-order valence-corrected chi connectivity index (χ2v) is 7.27. The van der Waals surface area contributed by atoms with Gasteiger partial charge in [-0.2, -0.15) is 0 Å². The van der Waals surface area contributed by atoms with Crippen molar-refractivity contribution in [2.24, 2.45) is 5.92 Å². The van der Waals surface area contributed by atoms with E-state index in [4.69, 9.17) is 0 Å². The summed E-state index contributed by atoms with van der Waals surface area (Å²) in [6, 6.07) is 0. The van der Waals surface area contributed by atoms with Gasteiger partial charge in [0.05, 0.1) is 6.16 Å². The van der Waals surface area contributed by atoms with Gasteiger partial charge in [-0.3, -0.25) is 0 Å². The SMILES string of the molecule is CCCCCCCCCCCCCC(C)CC[PH3+].F[B-](F)(F)F. The number of hydrogen-bond donors (Lipinski definition) is 0. The molecule has 6 heteroatoms. The van der Waals surface area contributed by atoms with E-state index in [1.54, 1.807) is 0 Å². The maximum absolute atomic E-state index is 9.75. The van der Waals surface area contributed by atoms with Gasteiger partial charge in [0.2, 0.25) is 0 Å². The molecule has 0 bridgehead atoms. The van der Waals surface area contributed by atoms with E-state index < -0.39 is 7.25 Å². The number of rotatable bonds is 14. The average Bonchev–Trinajstić information content (AvgIpc) is 2.43. The van der Waals surface area contributed by atoms with E-state index in [0.717, 1.165) is 5.92 Å². The molecule has 0 nitrogen and oxygen atoms in total. The Morgan fingerprint density at radius 1 is 0.696 bits per heavy atom. The van der Waals surface area contributed by atoms with Gasteiger partial charge >= 0.3 is 7.25 Å². The van der Waals surface area contributed by atoms with E-state index in [-0.39, 0.29) is 0 Å². The normalized spacial score (nSPS) is 12.8. The zero-order valence-electron chi connectivity index (χ0n) is 15.3. The van der Waals surface area contributed by atoms with Crippen molar-refractivity contribution in [3.05, 3.63) is 0 Å². The Balaban J connectivity index is 0. The molecule has 0 amide bonds.